The fourth-order valence-electron chi connectivity index (χ4n) is 5.23. The van der Waals surface area contributed by atoms with Gasteiger partial charge in [0.2, 0.25) is 0 Å². The SMILES string of the molecule is CCCCCCCCCCCCCCCCC(=O)COCC[N+](C)(C)CCCCCCCCCCCC.[Br-]. The molecule has 0 aliphatic heterocycles. The van der Waals surface area contributed by atoms with E-state index >= 15 is 0 Å². The van der Waals surface area contributed by atoms with Crippen LogP contribution in [0, 0.1) is 0 Å². The number of nitrogens with zero attached hydrogens (tertiary/aromatic N) is 1. The first-order valence-electron chi connectivity index (χ1n) is 16.9. The summed E-state index contributed by atoms with van der Waals surface area (Å²) >= 11 is 0. The lowest BCUT2D eigenvalue weighted by atomic mass is 10.0. The molecule has 230 valence electrons. The minimum atomic E-state index is 0. The van der Waals surface area contributed by atoms with Crippen LogP contribution in [0.15, 0.2) is 0 Å². The largest absolute Gasteiger partial charge is 1.00 e. The van der Waals surface area contributed by atoms with Crippen molar-refractivity contribution in [1.29, 1.82) is 0 Å². The molecule has 0 aromatic rings. The van der Waals surface area contributed by atoms with Gasteiger partial charge in [-0.2, -0.15) is 0 Å². The predicted molar refractivity (Wildman–Crippen MR) is 164 cm³/mol. The smallest absolute Gasteiger partial charge is 0.158 e. The number of halogens is 1. The minimum Gasteiger partial charge on any atom is -1.00 e. The molecule has 0 aromatic carbocycles. The van der Waals surface area contributed by atoms with E-state index in [0.29, 0.717) is 25.4 Å². The van der Waals surface area contributed by atoms with Crippen molar-refractivity contribution in [1.82, 2.24) is 0 Å². The lowest BCUT2D eigenvalue weighted by molar-refractivity contribution is -0.890. The maximum atomic E-state index is 12.1. The van der Waals surface area contributed by atoms with E-state index in [9.17, 15) is 4.79 Å². The molecule has 0 aliphatic rings. The number of ether oxygens (including phenoxy) is 1. The average Bonchev–Trinajstić information content (AvgIpc) is 2.88. The van der Waals surface area contributed by atoms with Crippen LogP contribution in [0.2, 0.25) is 0 Å². The van der Waals surface area contributed by atoms with E-state index in [1.54, 1.807) is 0 Å². The molecular formula is C34H70BrNO2. The Labute approximate surface area is 251 Å². The van der Waals surface area contributed by atoms with Gasteiger partial charge in [-0.1, -0.05) is 149 Å². The molecule has 0 radical (unpaired) electrons. The summed E-state index contributed by atoms with van der Waals surface area (Å²) in [4.78, 5) is 12.1. The zero-order valence-electron chi connectivity index (χ0n) is 26.6. The first-order valence-corrected chi connectivity index (χ1v) is 16.9. The third-order valence-electron chi connectivity index (χ3n) is 8.03. The van der Waals surface area contributed by atoms with Gasteiger partial charge in [-0.3, -0.25) is 4.79 Å². The topological polar surface area (TPSA) is 26.3 Å². The number of Topliss-reactive ketones (excluding diaryl/α,β-unsaturated/α-hetero) is 1. The summed E-state index contributed by atoms with van der Waals surface area (Å²) in [7, 11) is 4.60. The second-order valence-electron chi connectivity index (χ2n) is 12.5. The summed E-state index contributed by atoms with van der Waals surface area (Å²) in [6, 6.07) is 0. The van der Waals surface area contributed by atoms with E-state index in [4.69, 9.17) is 4.74 Å². The summed E-state index contributed by atoms with van der Waals surface area (Å²) in [5, 5.41) is 0. The van der Waals surface area contributed by atoms with Gasteiger partial charge in [-0.25, -0.2) is 0 Å². The van der Waals surface area contributed by atoms with Crippen LogP contribution in [0.3, 0.4) is 0 Å². The van der Waals surface area contributed by atoms with E-state index in [1.165, 1.54) is 154 Å². The summed E-state index contributed by atoms with van der Waals surface area (Å²) in [5.74, 6) is 0.291. The maximum Gasteiger partial charge on any atom is 0.158 e. The van der Waals surface area contributed by atoms with Crippen LogP contribution >= 0.6 is 0 Å². The first-order chi connectivity index (χ1) is 18.0. The van der Waals surface area contributed by atoms with Gasteiger partial charge in [0.25, 0.3) is 0 Å². The molecule has 3 nitrogen and oxygen atoms in total. The van der Waals surface area contributed by atoms with Crippen molar-refractivity contribution < 1.29 is 31.0 Å². The molecular weight excluding hydrogens is 534 g/mol. The summed E-state index contributed by atoms with van der Waals surface area (Å²) in [5.41, 5.74) is 0. The van der Waals surface area contributed by atoms with Crippen molar-refractivity contribution >= 4 is 5.78 Å². The number of carbonyl (C=O) groups is 1. The predicted octanol–water partition coefficient (Wildman–Crippen LogP) is 7.44. The summed E-state index contributed by atoms with van der Waals surface area (Å²) < 4.78 is 6.74. The highest BCUT2D eigenvalue weighted by Crippen LogP contribution is 2.14. The molecule has 0 saturated carbocycles. The molecule has 0 N–H and O–H groups in total. The minimum absolute atomic E-state index is 0. The Morgan fingerprint density at radius 1 is 0.500 bits per heavy atom. The Morgan fingerprint density at radius 3 is 1.24 bits per heavy atom. The molecule has 0 amide bonds. The van der Waals surface area contributed by atoms with Gasteiger partial charge in [0, 0.05) is 6.42 Å². The summed E-state index contributed by atoms with van der Waals surface area (Å²) in [6.07, 6.45) is 33.6. The third-order valence-corrected chi connectivity index (χ3v) is 8.03. The highest BCUT2D eigenvalue weighted by molar-refractivity contribution is 5.79. The Balaban J connectivity index is 0. The van der Waals surface area contributed by atoms with Crippen molar-refractivity contribution in [2.24, 2.45) is 0 Å². The van der Waals surface area contributed by atoms with Gasteiger partial charge < -0.3 is 26.2 Å². The van der Waals surface area contributed by atoms with Gasteiger partial charge in [0.15, 0.2) is 5.78 Å². The monoisotopic (exact) mass is 603 g/mol. The number of quaternary nitrogens is 1. The van der Waals surface area contributed by atoms with Crippen molar-refractivity contribution in [2.45, 2.75) is 174 Å². The van der Waals surface area contributed by atoms with Gasteiger partial charge in [-0.15, -0.1) is 0 Å². The van der Waals surface area contributed by atoms with Crippen LogP contribution in [0.25, 0.3) is 0 Å². The van der Waals surface area contributed by atoms with Gasteiger partial charge >= 0.3 is 0 Å². The number of hydrogen-bond donors (Lipinski definition) is 0. The lowest BCUT2D eigenvalue weighted by Crippen LogP contribution is -3.00. The second kappa shape index (κ2) is 31.6. The lowest BCUT2D eigenvalue weighted by Gasteiger charge is -2.29. The van der Waals surface area contributed by atoms with Gasteiger partial charge in [-0.05, 0) is 19.3 Å². The van der Waals surface area contributed by atoms with E-state index in [-0.39, 0.29) is 17.0 Å². The molecule has 0 rings (SSSR count). The normalized spacial score (nSPS) is 11.6. The molecule has 0 atom stereocenters. The third kappa shape index (κ3) is 32.3. The molecule has 0 aromatic heterocycles. The number of rotatable bonds is 31. The summed E-state index contributed by atoms with van der Waals surface area (Å²) in [6.45, 7) is 7.81. The highest BCUT2D eigenvalue weighted by atomic mass is 79.9. The quantitative estimate of drug-likeness (QED) is 0.0607. The Kier molecular flexibility index (Phi) is 33.4. The zero-order chi connectivity index (χ0) is 27.3. The standard InChI is InChI=1S/C34H70NO2.BrH/c1-5-7-9-11-13-15-17-18-19-20-21-23-25-27-29-34(36)33-37-32-31-35(3,4)30-28-26-24-22-16-14-12-10-8-6-2;/h5-33H2,1-4H3;1H/q+1;/p-1. The highest BCUT2D eigenvalue weighted by Gasteiger charge is 2.14. The molecule has 0 unspecified atom stereocenters. The van der Waals surface area contributed by atoms with Crippen molar-refractivity contribution in [3.63, 3.8) is 0 Å². The molecule has 0 bridgehead atoms. The van der Waals surface area contributed by atoms with Crippen LogP contribution in [0.1, 0.15) is 174 Å². The number of unbranched alkanes of at least 4 members (excludes halogenated alkanes) is 22. The Morgan fingerprint density at radius 2 is 0.842 bits per heavy atom. The van der Waals surface area contributed by atoms with E-state index in [0.717, 1.165) is 17.4 Å². The number of carbonyl (C=O) groups excluding carboxylic acids is 1. The average molecular weight is 605 g/mol. The number of likely N-dealkylation sites (N-methyl/N-ethyl adjacent to an activating group) is 1. The fourth-order valence-corrected chi connectivity index (χ4v) is 5.23. The van der Waals surface area contributed by atoms with E-state index in [2.05, 4.69) is 27.9 Å². The molecule has 0 heterocycles. The van der Waals surface area contributed by atoms with Gasteiger partial charge in [0.1, 0.15) is 13.2 Å². The maximum absolute atomic E-state index is 12.1. The van der Waals surface area contributed by atoms with E-state index in [1.807, 2.05) is 0 Å². The second-order valence-corrected chi connectivity index (χ2v) is 12.5. The van der Waals surface area contributed by atoms with E-state index < -0.39 is 0 Å². The van der Waals surface area contributed by atoms with Crippen molar-refractivity contribution in [2.75, 3.05) is 40.4 Å². The van der Waals surface area contributed by atoms with Crippen molar-refractivity contribution in [3.05, 3.63) is 0 Å². The van der Waals surface area contributed by atoms with Crippen LogP contribution in [-0.2, 0) is 9.53 Å². The molecule has 0 aliphatic carbocycles. The molecule has 0 fully saturated rings. The van der Waals surface area contributed by atoms with Crippen LogP contribution in [-0.4, -0.2) is 50.7 Å². The zero-order valence-corrected chi connectivity index (χ0v) is 28.2. The molecule has 4 heteroatoms. The van der Waals surface area contributed by atoms with Crippen LogP contribution < -0.4 is 17.0 Å². The Hall–Kier alpha value is 0.0700. The number of hydrogen-bond acceptors (Lipinski definition) is 2. The van der Waals surface area contributed by atoms with Crippen LogP contribution in [0.4, 0.5) is 0 Å². The van der Waals surface area contributed by atoms with Crippen LogP contribution in [0.5, 0.6) is 0 Å². The molecule has 0 spiro atoms. The number of ketones is 1. The van der Waals surface area contributed by atoms with Gasteiger partial charge in [0.05, 0.1) is 27.2 Å². The fraction of sp³-hybridized carbons (Fsp3) is 0.971. The van der Waals surface area contributed by atoms with Crippen molar-refractivity contribution in [3.8, 4) is 0 Å². The Bertz CT molecular complexity index is 469. The first kappa shape index (κ1) is 40.2. The molecule has 38 heavy (non-hydrogen) atoms. The molecule has 0 saturated heterocycles.